The van der Waals surface area contributed by atoms with Gasteiger partial charge in [-0.05, 0) is 38.5 Å². The highest BCUT2D eigenvalue weighted by atomic mass is 35.5. The van der Waals surface area contributed by atoms with Gasteiger partial charge in [0.1, 0.15) is 6.54 Å². The number of hydrogen-bond acceptors (Lipinski definition) is 5. The number of nitrogens with two attached hydrogens (primary N) is 2. The van der Waals surface area contributed by atoms with Crippen LogP contribution >= 0.6 is 35.6 Å². The topological polar surface area (TPSA) is 170 Å². The fraction of sp³-hybridized carbons (Fsp3) is 0.421. The van der Waals surface area contributed by atoms with Crippen molar-refractivity contribution in [2.45, 2.75) is 39.7 Å². The molecule has 0 aliphatic carbocycles. The fourth-order valence-electron chi connectivity index (χ4n) is 2.44. The molecular formula is C19H29Cl3N8O3. The lowest BCUT2D eigenvalue weighted by Gasteiger charge is -2.18. The van der Waals surface area contributed by atoms with Crippen molar-refractivity contribution in [3.05, 3.63) is 28.2 Å². The van der Waals surface area contributed by atoms with E-state index in [9.17, 15) is 14.4 Å². The first-order valence-corrected chi connectivity index (χ1v) is 10.5. The number of halogens is 3. The molecule has 0 atom stereocenters. The second-order valence-electron chi connectivity index (χ2n) is 6.99. The van der Waals surface area contributed by atoms with Crippen LogP contribution in [0.1, 0.15) is 33.6 Å². The molecule has 1 heterocycles. The standard InChI is InChI=1S/C13H13Cl2N3O3.C6H15N5.ClH/c1-7(2)16-12(20)17-6-11(19)18(13(17)21)10-4-8(14)3-9(15)5-10;1-2-3-4-10-6(9)11-5(7)8;/h3-5,7H,6H2,1-2H3,(H,16,20);2-4H2,1H3,(H6,7,8,9,10,11);1H. The molecule has 1 aliphatic rings. The van der Waals surface area contributed by atoms with Gasteiger partial charge in [-0.25, -0.2) is 19.4 Å². The van der Waals surface area contributed by atoms with Gasteiger partial charge in [-0.3, -0.25) is 20.5 Å². The molecule has 0 saturated carbocycles. The lowest BCUT2D eigenvalue weighted by molar-refractivity contribution is -0.116. The molecule has 5 amide bonds. The molecule has 7 N–H and O–H groups in total. The molecule has 0 spiro atoms. The summed E-state index contributed by atoms with van der Waals surface area (Å²) in [5.74, 6) is -0.481. The van der Waals surface area contributed by atoms with Crippen LogP contribution in [0.4, 0.5) is 15.3 Å². The van der Waals surface area contributed by atoms with E-state index in [-0.39, 0.29) is 42.6 Å². The van der Waals surface area contributed by atoms with Crippen LogP contribution in [0.2, 0.25) is 10.0 Å². The van der Waals surface area contributed by atoms with Crippen molar-refractivity contribution in [2.24, 2.45) is 16.5 Å². The minimum atomic E-state index is -0.725. The van der Waals surface area contributed by atoms with Crippen molar-refractivity contribution < 1.29 is 14.4 Å². The Labute approximate surface area is 208 Å². The third-order valence-corrected chi connectivity index (χ3v) is 4.22. The first kappa shape index (κ1) is 30.2. The van der Waals surface area contributed by atoms with Gasteiger partial charge in [0.25, 0.3) is 5.91 Å². The van der Waals surface area contributed by atoms with E-state index in [2.05, 4.69) is 22.5 Å². The highest BCUT2D eigenvalue weighted by Gasteiger charge is 2.41. The summed E-state index contributed by atoms with van der Waals surface area (Å²) in [6.45, 7) is 5.96. The minimum Gasteiger partial charge on any atom is -0.370 e. The number of nitrogens with zero attached hydrogens (tertiary/aromatic N) is 3. The molecule has 11 nitrogen and oxygen atoms in total. The van der Waals surface area contributed by atoms with E-state index in [0.29, 0.717) is 16.6 Å². The van der Waals surface area contributed by atoms with Crippen LogP contribution < -0.4 is 27.0 Å². The molecule has 0 aromatic heterocycles. The predicted molar refractivity (Wildman–Crippen MR) is 133 cm³/mol. The van der Waals surface area contributed by atoms with E-state index in [1.54, 1.807) is 13.8 Å². The predicted octanol–water partition coefficient (Wildman–Crippen LogP) is 2.89. The largest absolute Gasteiger partial charge is 0.370 e. The number of unbranched alkanes of at least 4 members (excludes halogenated alkanes) is 1. The number of carbonyl (C=O) groups excluding carboxylic acids is 3. The van der Waals surface area contributed by atoms with Gasteiger partial charge in [0.2, 0.25) is 0 Å². The van der Waals surface area contributed by atoms with Crippen LogP contribution in [0, 0.1) is 5.41 Å². The smallest absolute Gasteiger partial charge is 0.340 e. The van der Waals surface area contributed by atoms with Gasteiger partial charge in [0, 0.05) is 22.6 Å². The normalized spacial score (nSPS) is 13.3. The number of carbonyl (C=O) groups is 3. The van der Waals surface area contributed by atoms with Crippen LogP contribution in [-0.2, 0) is 4.79 Å². The number of aliphatic imine (C=N–C) groups is 1. The van der Waals surface area contributed by atoms with Crippen LogP contribution in [0.25, 0.3) is 0 Å². The summed E-state index contributed by atoms with van der Waals surface area (Å²) >= 11 is 11.7. The summed E-state index contributed by atoms with van der Waals surface area (Å²) in [5, 5.41) is 12.4. The average molecular weight is 524 g/mol. The number of imide groups is 2. The van der Waals surface area contributed by atoms with E-state index in [0.717, 1.165) is 22.6 Å². The molecule has 0 radical (unpaired) electrons. The van der Waals surface area contributed by atoms with Gasteiger partial charge in [-0.15, -0.1) is 12.4 Å². The van der Waals surface area contributed by atoms with Crippen molar-refractivity contribution in [3.8, 4) is 0 Å². The summed E-state index contributed by atoms with van der Waals surface area (Å²) in [4.78, 5) is 41.8. The maximum Gasteiger partial charge on any atom is 0.340 e. The van der Waals surface area contributed by atoms with Gasteiger partial charge in [-0.1, -0.05) is 36.5 Å². The second-order valence-corrected chi connectivity index (χ2v) is 7.86. The van der Waals surface area contributed by atoms with Crippen LogP contribution in [-0.4, -0.2) is 53.9 Å². The zero-order valence-electron chi connectivity index (χ0n) is 18.5. The minimum absolute atomic E-state index is 0. The number of amides is 5. The lowest BCUT2D eigenvalue weighted by atomic mass is 10.3. The molecule has 0 unspecified atom stereocenters. The van der Waals surface area contributed by atoms with E-state index >= 15 is 0 Å². The summed E-state index contributed by atoms with van der Waals surface area (Å²) < 4.78 is 0. The zero-order chi connectivity index (χ0) is 24.4. The Hall–Kier alpha value is -2.76. The summed E-state index contributed by atoms with van der Waals surface area (Å²) in [7, 11) is 0. The quantitative estimate of drug-likeness (QED) is 0.172. The van der Waals surface area contributed by atoms with Crippen LogP contribution in [0.5, 0.6) is 0 Å². The fourth-order valence-corrected chi connectivity index (χ4v) is 2.96. The number of rotatable bonds is 5. The lowest BCUT2D eigenvalue weighted by Crippen LogP contribution is -2.45. The monoisotopic (exact) mass is 522 g/mol. The van der Waals surface area contributed by atoms with E-state index in [1.807, 2.05) is 0 Å². The Morgan fingerprint density at radius 2 is 1.79 bits per heavy atom. The molecule has 2 rings (SSSR count). The Bertz CT molecular complexity index is 875. The number of urea groups is 2. The Kier molecular flexibility index (Phi) is 13.2. The molecule has 33 heavy (non-hydrogen) atoms. The van der Waals surface area contributed by atoms with Crippen molar-refractivity contribution >= 4 is 71.2 Å². The Morgan fingerprint density at radius 3 is 2.27 bits per heavy atom. The molecule has 1 fully saturated rings. The van der Waals surface area contributed by atoms with E-state index in [4.69, 9.17) is 40.1 Å². The molecule has 14 heteroatoms. The van der Waals surface area contributed by atoms with Gasteiger partial charge >= 0.3 is 12.1 Å². The SMILES string of the molecule is CC(C)NC(=O)N1CC(=O)N(c2cc(Cl)cc(Cl)c2)C1=O.CCCCN=C(N)NC(=N)N.Cl. The van der Waals surface area contributed by atoms with Gasteiger partial charge in [0.05, 0.1) is 5.69 Å². The maximum absolute atomic E-state index is 12.2. The molecule has 1 saturated heterocycles. The number of guanidine groups is 2. The van der Waals surface area contributed by atoms with Crippen LogP contribution in [0.15, 0.2) is 23.2 Å². The molecule has 184 valence electrons. The van der Waals surface area contributed by atoms with Crippen molar-refractivity contribution in [1.82, 2.24) is 15.5 Å². The van der Waals surface area contributed by atoms with Gasteiger partial charge in [-0.2, -0.15) is 0 Å². The first-order chi connectivity index (χ1) is 15.0. The molecule has 1 aromatic carbocycles. The summed E-state index contributed by atoms with van der Waals surface area (Å²) in [6, 6.07) is 2.88. The first-order valence-electron chi connectivity index (χ1n) is 9.78. The Morgan fingerprint density at radius 1 is 1.21 bits per heavy atom. The molecular weight excluding hydrogens is 495 g/mol. The van der Waals surface area contributed by atoms with Crippen molar-refractivity contribution in [2.75, 3.05) is 18.0 Å². The zero-order valence-corrected chi connectivity index (χ0v) is 20.9. The van der Waals surface area contributed by atoms with Crippen LogP contribution in [0.3, 0.4) is 0 Å². The second kappa shape index (κ2) is 14.4. The Balaban J connectivity index is 0.000000732. The molecule has 1 aromatic rings. The molecule has 0 bridgehead atoms. The summed E-state index contributed by atoms with van der Waals surface area (Å²) in [5.41, 5.74) is 10.6. The average Bonchev–Trinajstić information content (AvgIpc) is 2.95. The maximum atomic E-state index is 12.2. The molecule has 1 aliphatic heterocycles. The number of hydrogen-bond donors (Lipinski definition) is 5. The summed E-state index contributed by atoms with van der Waals surface area (Å²) in [6.07, 6.45) is 2.08. The van der Waals surface area contributed by atoms with Crippen molar-refractivity contribution in [3.63, 3.8) is 0 Å². The van der Waals surface area contributed by atoms with E-state index in [1.165, 1.54) is 18.2 Å². The van der Waals surface area contributed by atoms with E-state index < -0.39 is 18.0 Å². The highest BCUT2D eigenvalue weighted by molar-refractivity contribution is 6.35. The highest BCUT2D eigenvalue weighted by Crippen LogP contribution is 2.28. The van der Waals surface area contributed by atoms with Gasteiger partial charge in [0.15, 0.2) is 11.9 Å². The number of anilines is 1. The third kappa shape index (κ3) is 10.1. The van der Waals surface area contributed by atoms with Gasteiger partial charge < -0.3 is 16.8 Å². The number of nitrogens with one attached hydrogen (secondary N) is 3. The van der Waals surface area contributed by atoms with Crippen molar-refractivity contribution in [1.29, 1.82) is 5.41 Å². The number of benzene rings is 1. The third-order valence-electron chi connectivity index (χ3n) is 3.78.